The summed E-state index contributed by atoms with van der Waals surface area (Å²) in [4.78, 5) is 35.2. The summed E-state index contributed by atoms with van der Waals surface area (Å²) >= 11 is 2.35. The van der Waals surface area contributed by atoms with Gasteiger partial charge in [-0.05, 0) is 12.0 Å². The highest BCUT2D eigenvalue weighted by molar-refractivity contribution is 8.01. The maximum Gasteiger partial charge on any atom is 0.270 e. The third kappa shape index (κ3) is 5.49. The summed E-state index contributed by atoms with van der Waals surface area (Å²) < 4.78 is 0.525. The largest absolute Gasteiger partial charge is 0.300 e. The quantitative estimate of drug-likeness (QED) is 0.170. The zero-order chi connectivity index (χ0) is 21.5. The summed E-state index contributed by atoms with van der Waals surface area (Å²) in [5.41, 5.74) is 1.07. The van der Waals surface area contributed by atoms with Crippen molar-refractivity contribution in [2.24, 2.45) is 0 Å². The minimum atomic E-state index is -0.539. The van der Waals surface area contributed by atoms with Crippen LogP contribution < -0.4 is 5.32 Å². The van der Waals surface area contributed by atoms with Gasteiger partial charge in [0.1, 0.15) is 0 Å². The van der Waals surface area contributed by atoms with E-state index in [1.807, 2.05) is 37.3 Å². The fourth-order valence-electron chi connectivity index (χ4n) is 2.77. The van der Waals surface area contributed by atoms with Crippen molar-refractivity contribution in [1.29, 1.82) is 0 Å². The van der Waals surface area contributed by atoms with Crippen LogP contribution in [-0.4, -0.2) is 32.6 Å². The minimum Gasteiger partial charge on any atom is -0.300 e. The summed E-state index contributed by atoms with van der Waals surface area (Å²) in [6.07, 6.45) is 0.647. The van der Waals surface area contributed by atoms with Crippen LogP contribution in [0.2, 0.25) is 0 Å². The SMILES string of the molecule is CCC(C(=O)Nc1nnc(SCC(=O)c2cccc([N+](=O)[O-])c2)s1)c1ccccc1. The topological polar surface area (TPSA) is 115 Å². The minimum absolute atomic E-state index is 0.0609. The molecule has 0 aliphatic heterocycles. The van der Waals surface area contributed by atoms with Crippen molar-refractivity contribution in [3.05, 3.63) is 75.8 Å². The number of benzene rings is 2. The molecule has 1 atom stereocenters. The van der Waals surface area contributed by atoms with Gasteiger partial charge in [-0.25, -0.2) is 0 Å². The standard InChI is InChI=1S/C20H18N4O4S2/c1-2-16(13-7-4-3-5-8-13)18(26)21-19-22-23-20(30-19)29-12-17(25)14-9-6-10-15(11-14)24(27)28/h3-11,16H,2,12H2,1H3,(H,21,22,26). The van der Waals surface area contributed by atoms with Gasteiger partial charge < -0.3 is 0 Å². The summed E-state index contributed by atoms with van der Waals surface area (Å²) in [6, 6.07) is 15.1. The lowest BCUT2D eigenvalue weighted by Gasteiger charge is -2.13. The number of carbonyl (C=O) groups excluding carboxylic acids is 2. The maximum absolute atomic E-state index is 12.6. The van der Waals surface area contributed by atoms with E-state index < -0.39 is 4.92 Å². The van der Waals surface area contributed by atoms with E-state index in [9.17, 15) is 19.7 Å². The molecule has 1 N–H and O–H groups in total. The lowest BCUT2D eigenvalue weighted by Crippen LogP contribution is -2.20. The molecule has 2 aromatic carbocycles. The van der Waals surface area contributed by atoms with Crippen LogP contribution in [0.15, 0.2) is 58.9 Å². The van der Waals surface area contributed by atoms with E-state index in [4.69, 9.17) is 0 Å². The number of nitro groups is 1. The van der Waals surface area contributed by atoms with Gasteiger partial charge in [0.2, 0.25) is 11.0 Å². The van der Waals surface area contributed by atoms with Gasteiger partial charge in [0.15, 0.2) is 10.1 Å². The van der Waals surface area contributed by atoms with Gasteiger partial charge in [-0.2, -0.15) is 0 Å². The fraction of sp³-hybridized carbons (Fsp3) is 0.200. The first-order valence-electron chi connectivity index (χ1n) is 9.07. The van der Waals surface area contributed by atoms with E-state index in [0.29, 0.717) is 15.9 Å². The average molecular weight is 443 g/mol. The third-order valence-corrected chi connectivity index (χ3v) is 6.24. The molecular weight excluding hydrogens is 424 g/mol. The van der Waals surface area contributed by atoms with Gasteiger partial charge in [-0.1, -0.05) is 72.5 Å². The number of thioether (sulfide) groups is 1. The molecule has 8 nitrogen and oxygen atoms in total. The average Bonchev–Trinajstić information content (AvgIpc) is 3.20. The second-order valence-corrected chi connectivity index (χ2v) is 8.45. The van der Waals surface area contributed by atoms with Crippen LogP contribution in [0.4, 0.5) is 10.8 Å². The number of non-ortho nitro benzene ring substituents is 1. The molecule has 0 aliphatic rings. The second-order valence-electron chi connectivity index (χ2n) is 6.25. The normalized spacial score (nSPS) is 11.6. The molecule has 0 aliphatic carbocycles. The van der Waals surface area contributed by atoms with Gasteiger partial charge in [0.25, 0.3) is 5.69 Å². The molecule has 3 aromatic rings. The van der Waals surface area contributed by atoms with Crippen LogP contribution in [0.3, 0.4) is 0 Å². The van der Waals surface area contributed by atoms with Gasteiger partial charge >= 0.3 is 0 Å². The molecule has 10 heteroatoms. The molecule has 1 amide bonds. The van der Waals surface area contributed by atoms with Crippen molar-refractivity contribution in [3.63, 3.8) is 0 Å². The molecule has 154 valence electrons. The lowest BCUT2D eigenvalue weighted by atomic mass is 9.96. The fourth-order valence-corrected chi connectivity index (χ4v) is 4.42. The molecule has 0 radical (unpaired) electrons. The van der Waals surface area contributed by atoms with Gasteiger partial charge in [-0.15, -0.1) is 10.2 Å². The molecule has 0 saturated heterocycles. The number of Topliss-reactive ketones (excluding diaryl/α,β-unsaturated/α-hetero) is 1. The zero-order valence-corrected chi connectivity index (χ0v) is 17.6. The van der Waals surface area contributed by atoms with Crippen molar-refractivity contribution in [2.45, 2.75) is 23.6 Å². The number of nitrogens with zero attached hydrogens (tertiary/aromatic N) is 3. The summed E-state index contributed by atoms with van der Waals surface area (Å²) in [5, 5.41) is 22.0. The van der Waals surface area contributed by atoms with Crippen LogP contribution in [0, 0.1) is 10.1 Å². The Balaban J connectivity index is 1.58. The molecule has 30 heavy (non-hydrogen) atoms. The summed E-state index contributed by atoms with van der Waals surface area (Å²) in [5.74, 6) is -0.643. The molecule has 3 rings (SSSR count). The Kier molecular flexibility index (Phi) is 7.26. The smallest absolute Gasteiger partial charge is 0.270 e. The Labute approximate surface area is 180 Å². The van der Waals surface area contributed by atoms with Crippen LogP contribution in [0.1, 0.15) is 35.2 Å². The number of nitrogens with one attached hydrogen (secondary N) is 1. The number of anilines is 1. The predicted molar refractivity (Wildman–Crippen MR) is 116 cm³/mol. The zero-order valence-electron chi connectivity index (χ0n) is 16.0. The number of aromatic nitrogens is 2. The van der Waals surface area contributed by atoms with Crippen molar-refractivity contribution in [1.82, 2.24) is 10.2 Å². The Morgan fingerprint density at radius 1 is 1.17 bits per heavy atom. The second kappa shape index (κ2) is 10.1. The van der Waals surface area contributed by atoms with E-state index in [1.165, 1.54) is 47.4 Å². The summed E-state index contributed by atoms with van der Waals surface area (Å²) in [7, 11) is 0. The van der Waals surface area contributed by atoms with Crippen molar-refractivity contribution >= 4 is 45.6 Å². The number of rotatable bonds is 9. The molecule has 1 aromatic heterocycles. The highest BCUT2D eigenvalue weighted by atomic mass is 32.2. The monoisotopic (exact) mass is 442 g/mol. The number of carbonyl (C=O) groups is 2. The molecule has 1 unspecified atom stereocenters. The number of hydrogen-bond acceptors (Lipinski definition) is 8. The molecule has 1 heterocycles. The van der Waals surface area contributed by atoms with E-state index >= 15 is 0 Å². The number of nitro benzene ring substituents is 1. The third-order valence-electron chi connectivity index (χ3n) is 4.27. The van der Waals surface area contributed by atoms with Crippen LogP contribution in [0.5, 0.6) is 0 Å². The van der Waals surface area contributed by atoms with Crippen LogP contribution in [0.25, 0.3) is 0 Å². The molecule has 0 fully saturated rings. The van der Waals surface area contributed by atoms with E-state index in [0.717, 1.165) is 5.56 Å². The van der Waals surface area contributed by atoms with Gasteiger partial charge in [0.05, 0.1) is 16.6 Å². The number of amides is 1. The molecule has 0 saturated carbocycles. The van der Waals surface area contributed by atoms with E-state index in [1.54, 1.807) is 0 Å². The lowest BCUT2D eigenvalue weighted by molar-refractivity contribution is -0.384. The highest BCUT2D eigenvalue weighted by Gasteiger charge is 2.20. The molecular formula is C20H18N4O4S2. The summed E-state index contributed by atoms with van der Waals surface area (Å²) in [6.45, 7) is 1.94. The molecule has 0 bridgehead atoms. The van der Waals surface area contributed by atoms with Crippen molar-refractivity contribution in [3.8, 4) is 0 Å². The first-order chi connectivity index (χ1) is 14.5. The van der Waals surface area contributed by atoms with Crippen LogP contribution >= 0.6 is 23.1 Å². The Morgan fingerprint density at radius 3 is 2.63 bits per heavy atom. The van der Waals surface area contributed by atoms with Gasteiger partial charge in [0, 0.05) is 17.7 Å². The molecule has 0 spiro atoms. The van der Waals surface area contributed by atoms with E-state index in [-0.39, 0.29) is 34.6 Å². The number of hydrogen-bond donors (Lipinski definition) is 1. The Hall–Kier alpha value is -3.11. The first kappa shape index (κ1) is 21.6. The Morgan fingerprint density at radius 2 is 1.93 bits per heavy atom. The predicted octanol–water partition coefficient (Wildman–Crippen LogP) is 4.55. The van der Waals surface area contributed by atoms with Crippen molar-refractivity contribution < 1.29 is 14.5 Å². The first-order valence-corrected chi connectivity index (χ1v) is 10.9. The highest BCUT2D eigenvalue weighted by Crippen LogP contribution is 2.28. The number of ketones is 1. The van der Waals surface area contributed by atoms with E-state index in [2.05, 4.69) is 15.5 Å². The van der Waals surface area contributed by atoms with Crippen LogP contribution in [-0.2, 0) is 4.79 Å². The van der Waals surface area contributed by atoms with Gasteiger partial charge in [-0.3, -0.25) is 25.0 Å². The maximum atomic E-state index is 12.6. The van der Waals surface area contributed by atoms with Crippen molar-refractivity contribution in [2.75, 3.05) is 11.1 Å². The Bertz CT molecular complexity index is 1060.